The van der Waals surface area contributed by atoms with E-state index in [1.807, 2.05) is 0 Å². The Balaban J connectivity index is 2.08. The van der Waals surface area contributed by atoms with Crippen LogP contribution in [0.3, 0.4) is 0 Å². The summed E-state index contributed by atoms with van der Waals surface area (Å²) in [5.41, 5.74) is 3.03. The fraction of sp³-hybridized carbons (Fsp3) is 0.538. The van der Waals surface area contributed by atoms with Crippen molar-refractivity contribution in [1.82, 2.24) is 10.2 Å². The number of fused-ring (bicyclic) bond motifs is 1. The molecule has 1 heterocycles. The van der Waals surface area contributed by atoms with Crippen LogP contribution in [0.2, 0.25) is 0 Å². The molecule has 0 amide bonds. The van der Waals surface area contributed by atoms with Crippen LogP contribution in [-0.2, 0) is 6.54 Å². The third-order valence-corrected chi connectivity index (χ3v) is 3.13. The molecule has 15 heavy (non-hydrogen) atoms. The Hall–Kier alpha value is -0.860. The second-order valence-corrected chi connectivity index (χ2v) is 4.62. The highest BCUT2D eigenvalue weighted by Gasteiger charge is 2.18. The maximum absolute atomic E-state index is 3.50. The van der Waals surface area contributed by atoms with Gasteiger partial charge in [0.05, 0.1) is 0 Å². The van der Waals surface area contributed by atoms with Crippen LogP contribution in [0.5, 0.6) is 0 Å². The molecule has 0 spiro atoms. The molecule has 82 valence electrons. The minimum absolute atomic E-state index is 0.692. The van der Waals surface area contributed by atoms with Crippen molar-refractivity contribution in [2.75, 3.05) is 27.2 Å². The first kappa shape index (κ1) is 10.7. The highest BCUT2D eigenvalue weighted by atomic mass is 15.0. The summed E-state index contributed by atoms with van der Waals surface area (Å²) in [6.07, 6.45) is 1.25. The summed E-state index contributed by atoms with van der Waals surface area (Å²) in [6.45, 7) is 3.33. The van der Waals surface area contributed by atoms with Gasteiger partial charge in [-0.25, -0.2) is 0 Å². The topological polar surface area (TPSA) is 15.3 Å². The smallest absolute Gasteiger partial charge is 0.0208 e. The van der Waals surface area contributed by atoms with Gasteiger partial charge in [0, 0.05) is 13.1 Å². The van der Waals surface area contributed by atoms with E-state index in [9.17, 15) is 0 Å². The van der Waals surface area contributed by atoms with E-state index in [4.69, 9.17) is 0 Å². The van der Waals surface area contributed by atoms with E-state index in [0.29, 0.717) is 5.92 Å². The third-order valence-electron chi connectivity index (χ3n) is 3.13. The van der Waals surface area contributed by atoms with Crippen LogP contribution in [0.15, 0.2) is 24.3 Å². The first-order valence-corrected chi connectivity index (χ1v) is 5.70. The van der Waals surface area contributed by atoms with E-state index in [1.54, 1.807) is 5.56 Å². The number of hydrogen-bond donors (Lipinski definition) is 1. The number of benzene rings is 1. The van der Waals surface area contributed by atoms with Gasteiger partial charge >= 0.3 is 0 Å². The van der Waals surface area contributed by atoms with E-state index in [2.05, 4.69) is 48.6 Å². The lowest BCUT2D eigenvalue weighted by Crippen LogP contribution is -2.30. The van der Waals surface area contributed by atoms with Gasteiger partial charge in [0.2, 0.25) is 0 Å². The van der Waals surface area contributed by atoms with Gasteiger partial charge < -0.3 is 10.2 Å². The monoisotopic (exact) mass is 204 g/mol. The molecule has 0 bridgehead atoms. The Morgan fingerprint density at radius 1 is 1.33 bits per heavy atom. The fourth-order valence-electron chi connectivity index (χ4n) is 2.26. The zero-order valence-electron chi connectivity index (χ0n) is 9.66. The lowest BCUT2D eigenvalue weighted by molar-refractivity contribution is 0.370. The highest BCUT2D eigenvalue weighted by Crippen LogP contribution is 2.26. The SMILES string of the molecule is CN(C)CCC1CNCc2ccccc21. The molecule has 0 fully saturated rings. The minimum atomic E-state index is 0.692. The molecule has 1 aliphatic heterocycles. The zero-order valence-corrected chi connectivity index (χ0v) is 9.66. The van der Waals surface area contributed by atoms with E-state index in [0.717, 1.165) is 13.1 Å². The van der Waals surface area contributed by atoms with Gasteiger partial charge in [-0.1, -0.05) is 24.3 Å². The molecular formula is C13H20N2. The molecule has 1 aliphatic rings. The van der Waals surface area contributed by atoms with Crippen molar-refractivity contribution < 1.29 is 0 Å². The van der Waals surface area contributed by atoms with Crippen LogP contribution >= 0.6 is 0 Å². The summed E-state index contributed by atoms with van der Waals surface area (Å²) in [5, 5.41) is 3.50. The van der Waals surface area contributed by atoms with Gasteiger partial charge in [0.25, 0.3) is 0 Å². The predicted molar refractivity (Wildman–Crippen MR) is 64.1 cm³/mol. The van der Waals surface area contributed by atoms with Gasteiger partial charge in [-0.3, -0.25) is 0 Å². The average molecular weight is 204 g/mol. The largest absolute Gasteiger partial charge is 0.312 e. The third kappa shape index (κ3) is 2.58. The van der Waals surface area contributed by atoms with E-state index in [-0.39, 0.29) is 0 Å². The van der Waals surface area contributed by atoms with E-state index < -0.39 is 0 Å². The van der Waals surface area contributed by atoms with Crippen LogP contribution in [0.4, 0.5) is 0 Å². The predicted octanol–water partition coefficient (Wildman–Crippen LogP) is 1.83. The Kier molecular flexibility index (Phi) is 3.39. The summed E-state index contributed by atoms with van der Waals surface area (Å²) in [5.74, 6) is 0.692. The molecule has 2 rings (SSSR count). The molecule has 1 unspecified atom stereocenters. The molecule has 0 saturated carbocycles. The second-order valence-electron chi connectivity index (χ2n) is 4.62. The maximum Gasteiger partial charge on any atom is 0.0208 e. The summed E-state index contributed by atoms with van der Waals surface area (Å²) in [7, 11) is 4.28. The lowest BCUT2D eigenvalue weighted by atomic mass is 9.88. The number of nitrogens with zero attached hydrogens (tertiary/aromatic N) is 1. The van der Waals surface area contributed by atoms with Crippen molar-refractivity contribution in [1.29, 1.82) is 0 Å². The molecule has 0 aliphatic carbocycles. The van der Waals surface area contributed by atoms with Crippen molar-refractivity contribution in [3.05, 3.63) is 35.4 Å². The Bertz CT molecular complexity index is 320. The first-order chi connectivity index (χ1) is 7.27. The average Bonchev–Trinajstić information content (AvgIpc) is 2.26. The number of rotatable bonds is 3. The minimum Gasteiger partial charge on any atom is -0.312 e. The molecule has 2 heteroatoms. The Morgan fingerprint density at radius 2 is 2.13 bits per heavy atom. The molecule has 1 atom stereocenters. The summed E-state index contributed by atoms with van der Waals surface area (Å²) in [6, 6.07) is 8.82. The van der Waals surface area contributed by atoms with Crippen molar-refractivity contribution >= 4 is 0 Å². The fourth-order valence-corrected chi connectivity index (χ4v) is 2.26. The van der Waals surface area contributed by atoms with Crippen LogP contribution in [0.1, 0.15) is 23.5 Å². The van der Waals surface area contributed by atoms with Gasteiger partial charge in [0.1, 0.15) is 0 Å². The van der Waals surface area contributed by atoms with Gasteiger partial charge in [-0.15, -0.1) is 0 Å². The molecule has 0 radical (unpaired) electrons. The zero-order chi connectivity index (χ0) is 10.7. The summed E-state index contributed by atoms with van der Waals surface area (Å²) < 4.78 is 0. The molecule has 1 aromatic rings. The second kappa shape index (κ2) is 4.77. The molecule has 1 N–H and O–H groups in total. The van der Waals surface area contributed by atoms with Crippen molar-refractivity contribution in [2.24, 2.45) is 0 Å². The van der Waals surface area contributed by atoms with Crippen LogP contribution in [0, 0.1) is 0 Å². The molecule has 2 nitrogen and oxygen atoms in total. The highest BCUT2D eigenvalue weighted by molar-refractivity contribution is 5.32. The summed E-state index contributed by atoms with van der Waals surface area (Å²) in [4.78, 5) is 2.26. The quantitative estimate of drug-likeness (QED) is 0.808. The number of hydrogen-bond acceptors (Lipinski definition) is 2. The lowest BCUT2D eigenvalue weighted by Gasteiger charge is -2.27. The normalized spacial score (nSPS) is 20.3. The van der Waals surface area contributed by atoms with E-state index >= 15 is 0 Å². The molecular weight excluding hydrogens is 184 g/mol. The van der Waals surface area contributed by atoms with Crippen LogP contribution in [-0.4, -0.2) is 32.1 Å². The first-order valence-electron chi connectivity index (χ1n) is 5.70. The standard InChI is InChI=1S/C13H20N2/c1-15(2)8-7-12-10-14-9-11-5-3-4-6-13(11)12/h3-6,12,14H,7-10H2,1-2H3. The van der Waals surface area contributed by atoms with Crippen molar-refractivity contribution in [3.63, 3.8) is 0 Å². The van der Waals surface area contributed by atoms with Crippen molar-refractivity contribution in [3.8, 4) is 0 Å². The number of nitrogens with one attached hydrogen (secondary N) is 1. The van der Waals surface area contributed by atoms with Crippen molar-refractivity contribution in [2.45, 2.75) is 18.9 Å². The maximum atomic E-state index is 3.50. The van der Waals surface area contributed by atoms with Gasteiger partial charge in [0.15, 0.2) is 0 Å². The van der Waals surface area contributed by atoms with E-state index in [1.165, 1.54) is 18.5 Å². The van der Waals surface area contributed by atoms with Gasteiger partial charge in [-0.05, 0) is 44.1 Å². The van der Waals surface area contributed by atoms with Crippen LogP contribution in [0.25, 0.3) is 0 Å². The summed E-state index contributed by atoms with van der Waals surface area (Å²) >= 11 is 0. The van der Waals surface area contributed by atoms with Gasteiger partial charge in [-0.2, -0.15) is 0 Å². The molecule has 0 saturated heterocycles. The Labute approximate surface area is 92.3 Å². The molecule has 0 aromatic heterocycles. The Morgan fingerprint density at radius 3 is 2.93 bits per heavy atom. The van der Waals surface area contributed by atoms with Crippen LogP contribution < -0.4 is 5.32 Å². The molecule has 1 aromatic carbocycles.